The summed E-state index contributed by atoms with van der Waals surface area (Å²) < 4.78 is 25.8. The van der Waals surface area contributed by atoms with Crippen LogP contribution in [0.1, 0.15) is 44.7 Å². The molecule has 2 N–H and O–H groups in total. The maximum Gasteiger partial charge on any atom is 0.257 e. The highest BCUT2D eigenvalue weighted by atomic mass is 32.2. The maximum atomic E-state index is 12.9. The first-order valence-corrected chi connectivity index (χ1v) is 10.9. The van der Waals surface area contributed by atoms with E-state index in [2.05, 4.69) is 18.7 Å². The summed E-state index contributed by atoms with van der Waals surface area (Å²) in [5.74, 6) is 0.329. The van der Waals surface area contributed by atoms with E-state index in [1.165, 1.54) is 6.07 Å². The molecular formula is C21H30N2O3S. The Balaban J connectivity index is 2.21. The fourth-order valence-electron chi connectivity index (χ4n) is 2.88. The highest BCUT2D eigenvalue weighted by molar-refractivity contribution is 7.89. The highest BCUT2D eigenvalue weighted by Crippen LogP contribution is 2.28. The number of benzene rings is 2. The summed E-state index contributed by atoms with van der Waals surface area (Å²) in [6.45, 7) is 7.23. The summed E-state index contributed by atoms with van der Waals surface area (Å²) in [5.41, 5.74) is 1.68. The summed E-state index contributed by atoms with van der Waals surface area (Å²) in [7, 11) is -3.87. The van der Waals surface area contributed by atoms with Crippen molar-refractivity contribution in [3.8, 4) is 5.75 Å². The van der Waals surface area contributed by atoms with Crippen LogP contribution in [0.2, 0.25) is 0 Å². The van der Waals surface area contributed by atoms with E-state index in [4.69, 9.17) is 0 Å². The van der Waals surface area contributed by atoms with Crippen molar-refractivity contribution in [2.45, 2.75) is 51.5 Å². The van der Waals surface area contributed by atoms with E-state index in [1.807, 2.05) is 37.3 Å². The van der Waals surface area contributed by atoms with Crippen molar-refractivity contribution in [1.82, 2.24) is 9.84 Å². The van der Waals surface area contributed by atoms with Crippen LogP contribution in [0.15, 0.2) is 53.4 Å². The average molecular weight is 391 g/mol. The molecule has 6 heteroatoms. The minimum Gasteiger partial charge on any atom is -0.506 e. The van der Waals surface area contributed by atoms with Gasteiger partial charge in [0.15, 0.2) is 0 Å². The van der Waals surface area contributed by atoms with Crippen molar-refractivity contribution in [1.29, 1.82) is 0 Å². The number of hydrazine groups is 1. The molecule has 0 atom stereocenters. The second kappa shape index (κ2) is 9.88. The first kappa shape index (κ1) is 21.4. The largest absolute Gasteiger partial charge is 0.506 e. The molecule has 0 radical (unpaired) electrons. The number of sulfonamides is 1. The molecule has 0 unspecified atom stereocenters. The van der Waals surface area contributed by atoms with Crippen LogP contribution in [-0.2, 0) is 23.0 Å². The third-order valence-corrected chi connectivity index (χ3v) is 5.73. The molecule has 0 aromatic heterocycles. The molecule has 2 rings (SSSR count). The van der Waals surface area contributed by atoms with Gasteiger partial charge in [-0.25, -0.2) is 13.4 Å². The molecule has 148 valence electrons. The first-order valence-electron chi connectivity index (χ1n) is 9.45. The number of nitrogens with one attached hydrogen (secondary N) is 1. The number of rotatable bonds is 10. The molecule has 0 aliphatic rings. The van der Waals surface area contributed by atoms with Gasteiger partial charge in [0.25, 0.3) is 10.0 Å². The molecule has 0 bridgehead atoms. The standard InChI is InChI=1S/C21H30N2O3S/c1-4-15-23(16-18-9-6-5-7-10-18)22-27(25,26)20-12-8-11-19(21(20)24)14-13-17(2)3/h5-12,17,22,24H,4,13-16H2,1-3H3. The van der Waals surface area contributed by atoms with Gasteiger partial charge >= 0.3 is 0 Å². The van der Waals surface area contributed by atoms with E-state index >= 15 is 0 Å². The smallest absolute Gasteiger partial charge is 0.257 e. The van der Waals surface area contributed by atoms with Gasteiger partial charge in [-0.2, -0.15) is 0 Å². The van der Waals surface area contributed by atoms with Gasteiger partial charge in [-0.1, -0.05) is 63.2 Å². The van der Waals surface area contributed by atoms with E-state index in [0.717, 1.165) is 18.4 Å². The lowest BCUT2D eigenvalue weighted by atomic mass is 10.0. The van der Waals surface area contributed by atoms with Crippen LogP contribution < -0.4 is 4.83 Å². The molecule has 0 fully saturated rings. The van der Waals surface area contributed by atoms with E-state index in [1.54, 1.807) is 17.1 Å². The number of hydrogen-bond acceptors (Lipinski definition) is 4. The zero-order valence-corrected chi connectivity index (χ0v) is 17.2. The van der Waals surface area contributed by atoms with Crippen molar-refractivity contribution < 1.29 is 13.5 Å². The number of para-hydroxylation sites is 1. The Morgan fingerprint density at radius 3 is 2.41 bits per heavy atom. The number of aromatic hydroxyl groups is 1. The van der Waals surface area contributed by atoms with Gasteiger partial charge in [-0.05, 0) is 42.4 Å². The van der Waals surface area contributed by atoms with Crippen molar-refractivity contribution >= 4 is 10.0 Å². The van der Waals surface area contributed by atoms with Crippen LogP contribution in [-0.4, -0.2) is 25.1 Å². The number of hydrogen-bond donors (Lipinski definition) is 2. The Bertz CT molecular complexity index is 821. The molecular weight excluding hydrogens is 360 g/mol. The van der Waals surface area contributed by atoms with E-state index in [-0.39, 0.29) is 10.6 Å². The molecule has 2 aromatic rings. The van der Waals surface area contributed by atoms with E-state index in [9.17, 15) is 13.5 Å². The van der Waals surface area contributed by atoms with Gasteiger partial charge in [-0.3, -0.25) is 0 Å². The van der Waals surface area contributed by atoms with Crippen molar-refractivity contribution in [3.05, 3.63) is 59.7 Å². The summed E-state index contributed by atoms with van der Waals surface area (Å²) in [5, 5.41) is 12.2. The fraction of sp³-hybridized carbons (Fsp3) is 0.429. The number of nitrogens with zero attached hydrogens (tertiary/aromatic N) is 1. The first-order chi connectivity index (χ1) is 12.8. The molecule has 0 aliphatic heterocycles. The zero-order valence-electron chi connectivity index (χ0n) is 16.4. The van der Waals surface area contributed by atoms with Gasteiger partial charge in [0.1, 0.15) is 10.6 Å². The number of aryl methyl sites for hydroxylation is 1. The maximum absolute atomic E-state index is 12.9. The van der Waals surface area contributed by atoms with Gasteiger partial charge in [0.2, 0.25) is 0 Å². The molecule has 0 amide bonds. The van der Waals surface area contributed by atoms with Crippen molar-refractivity contribution in [2.75, 3.05) is 6.54 Å². The monoisotopic (exact) mass is 390 g/mol. The quantitative estimate of drug-likeness (QED) is 0.600. The van der Waals surface area contributed by atoms with Crippen LogP contribution in [0.5, 0.6) is 5.75 Å². The second-order valence-electron chi connectivity index (χ2n) is 7.20. The fourth-order valence-corrected chi connectivity index (χ4v) is 4.12. The number of phenols is 1. The normalized spacial score (nSPS) is 12.0. The van der Waals surface area contributed by atoms with E-state index < -0.39 is 10.0 Å². The van der Waals surface area contributed by atoms with Gasteiger partial charge in [0, 0.05) is 13.1 Å². The second-order valence-corrected chi connectivity index (χ2v) is 8.83. The molecule has 5 nitrogen and oxygen atoms in total. The Morgan fingerprint density at radius 2 is 1.78 bits per heavy atom. The molecule has 0 saturated carbocycles. The lowest BCUT2D eigenvalue weighted by molar-refractivity contribution is 0.231. The predicted octanol–water partition coefficient (Wildman–Crippen LogP) is 4.09. The van der Waals surface area contributed by atoms with E-state index in [0.29, 0.717) is 31.0 Å². The molecule has 0 saturated heterocycles. The lowest BCUT2D eigenvalue weighted by Crippen LogP contribution is -2.42. The Labute approximate surface area is 163 Å². The summed E-state index contributed by atoms with van der Waals surface area (Å²) in [6.07, 6.45) is 2.34. The third-order valence-electron chi connectivity index (χ3n) is 4.32. The van der Waals surface area contributed by atoms with Crippen LogP contribution in [0.25, 0.3) is 0 Å². The molecule has 2 aromatic carbocycles. The van der Waals surface area contributed by atoms with Crippen molar-refractivity contribution in [3.63, 3.8) is 0 Å². The topological polar surface area (TPSA) is 69.6 Å². The summed E-state index contributed by atoms with van der Waals surface area (Å²) in [6, 6.07) is 14.6. The summed E-state index contributed by atoms with van der Waals surface area (Å²) in [4.78, 5) is 2.57. The summed E-state index contributed by atoms with van der Waals surface area (Å²) >= 11 is 0. The SMILES string of the molecule is CCCN(Cc1ccccc1)NS(=O)(=O)c1cccc(CCC(C)C)c1O. The highest BCUT2D eigenvalue weighted by Gasteiger charge is 2.23. The zero-order chi connectivity index (χ0) is 19.9. The van der Waals surface area contributed by atoms with Crippen molar-refractivity contribution in [2.24, 2.45) is 5.92 Å². The molecule has 0 heterocycles. The molecule has 27 heavy (non-hydrogen) atoms. The van der Waals surface area contributed by atoms with Crippen LogP contribution in [0, 0.1) is 5.92 Å². The third kappa shape index (κ3) is 6.34. The minimum atomic E-state index is -3.87. The average Bonchev–Trinajstić information content (AvgIpc) is 2.61. The number of phenolic OH excluding ortho intramolecular Hbond substituents is 1. The minimum absolute atomic E-state index is 0.0714. The van der Waals surface area contributed by atoms with Crippen LogP contribution in [0.3, 0.4) is 0 Å². The Morgan fingerprint density at radius 1 is 1.07 bits per heavy atom. The lowest BCUT2D eigenvalue weighted by Gasteiger charge is -2.23. The van der Waals surface area contributed by atoms with Crippen LogP contribution in [0.4, 0.5) is 0 Å². The van der Waals surface area contributed by atoms with Gasteiger partial charge < -0.3 is 5.11 Å². The molecule has 0 spiro atoms. The van der Waals surface area contributed by atoms with Crippen LogP contribution >= 0.6 is 0 Å². The molecule has 0 aliphatic carbocycles. The van der Waals surface area contributed by atoms with Gasteiger partial charge in [0.05, 0.1) is 0 Å². The Hall–Kier alpha value is -1.89. The van der Waals surface area contributed by atoms with Gasteiger partial charge in [-0.15, -0.1) is 4.83 Å². The Kier molecular flexibility index (Phi) is 7.83. The predicted molar refractivity (Wildman–Crippen MR) is 109 cm³/mol.